The second-order valence-electron chi connectivity index (χ2n) is 4.94. The van der Waals surface area contributed by atoms with Gasteiger partial charge < -0.3 is 10.6 Å². The van der Waals surface area contributed by atoms with E-state index in [2.05, 4.69) is 22.7 Å². The second-order valence-corrected chi connectivity index (χ2v) is 4.94. The molecule has 2 atom stereocenters. The van der Waals surface area contributed by atoms with Crippen molar-refractivity contribution in [2.75, 3.05) is 11.9 Å². The fraction of sp³-hybridized carbons (Fsp3) is 0.667. The van der Waals surface area contributed by atoms with Crippen molar-refractivity contribution in [3.05, 3.63) is 12.3 Å². The van der Waals surface area contributed by atoms with Gasteiger partial charge in [-0.1, -0.05) is 6.92 Å². The zero-order chi connectivity index (χ0) is 12.4. The van der Waals surface area contributed by atoms with Crippen LogP contribution in [-0.2, 0) is 4.79 Å². The first kappa shape index (κ1) is 12.1. The molecule has 0 bridgehead atoms. The molecule has 1 saturated heterocycles. The molecule has 1 fully saturated rings. The van der Waals surface area contributed by atoms with Gasteiger partial charge in [0, 0.05) is 12.1 Å². The van der Waals surface area contributed by atoms with Crippen molar-refractivity contribution in [2.45, 2.75) is 39.3 Å². The minimum Gasteiger partial charge on any atom is -0.310 e. The average molecular weight is 236 g/mol. The minimum absolute atomic E-state index is 0.0393. The summed E-state index contributed by atoms with van der Waals surface area (Å²) in [6, 6.07) is 2.00. The zero-order valence-corrected chi connectivity index (χ0v) is 10.6. The summed E-state index contributed by atoms with van der Waals surface area (Å²) in [5.41, 5.74) is 0. The molecule has 2 rings (SSSR count). The van der Waals surface area contributed by atoms with Gasteiger partial charge in [-0.2, -0.15) is 5.10 Å². The minimum atomic E-state index is -0.0782. The number of amides is 1. The topological polar surface area (TPSA) is 59.0 Å². The molecule has 1 aliphatic heterocycles. The summed E-state index contributed by atoms with van der Waals surface area (Å²) in [5.74, 6) is 1.20. The van der Waals surface area contributed by atoms with E-state index >= 15 is 0 Å². The van der Waals surface area contributed by atoms with Crippen molar-refractivity contribution in [3.8, 4) is 0 Å². The Labute approximate surface area is 102 Å². The molecule has 1 amide bonds. The lowest BCUT2D eigenvalue weighted by molar-refractivity contribution is -0.118. The molecule has 0 saturated carbocycles. The Morgan fingerprint density at radius 3 is 3.00 bits per heavy atom. The van der Waals surface area contributed by atoms with Crippen molar-refractivity contribution in [3.63, 3.8) is 0 Å². The van der Waals surface area contributed by atoms with Crippen LogP contribution in [0.3, 0.4) is 0 Å². The highest BCUT2D eigenvalue weighted by atomic mass is 16.2. The van der Waals surface area contributed by atoms with Crippen LogP contribution in [0.25, 0.3) is 0 Å². The van der Waals surface area contributed by atoms with Crippen molar-refractivity contribution >= 4 is 11.7 Å². The second kappa shape index (κ2) is 4.87. The third kappa shape index (κ3) is 2.49. The molecule has 5 heteroatoms. The Bertz CT molecular complexity index is 399. The van der Waals surface area contributed by atoms with Gasteiger partial charge in [-0.25, -0.2) is 4.68 Å². The van der Waals surface area contributed by atoms with Crippen molar-refractivity contribution in [2.24, 2.45) is 5.92 Å². The summed E-state index contributed by atoms with van der Waals surface area (Å²) in [7, 11) is 0. The first-order chi connectivity index (χ1) is 8.09. The summed E-state index contributed by atoms with van der Waals surface area (Å²) in [6.45, 7) is 7.10. The van der Waals surface area contributed by atoms with Crippen LogP contribution in [0, 0.1) is 5.92 Å². The van der Waals surface area contributed by atoms with Crippen LogP contribution in [0.5, 0.6) is 0 Å². The van der Waals surface area contributed by atoms with E-state index in [0.717, 1.165) is 18.8 Å². The summed E-state index contributed by atoms with van der Waals surface area (Å²) in [4.78, 5) is 12.1. The maximum atomic E-state index is 12.1. The van der Waals surface area contributed by atoms with E-state index in [1.807, 2.05) is 24.6 Å². The molecule has 1 aromatic rings. The van der Waals surface area contributed by atoms with Gasteiger partial charge in [0.1, 0.15) is 5.82 Å². The number of carbonyl (C=O) groups is 1. The van der Waals surface area contributed by atoms with Gasteiger partial charge in [-0.05, 0) is 32.7 Å². The van der Waals surface area contributed by atoms with Gasteiger partial charge in [-0.3, -0.25) is 4.79 Å². The van der Waals surface area contributed by atoms with Crippen LogP contribution in [0.2, 0.25) is 0 Å². The first-order valence-electron chi connectivity index (χ1n) is 6.17. The number of anilines is 1. The third-order valence-corrected chi connectivity index (χ3v) is 3.23. The van der Waals surface area contributed by atoms with Crippen LogP contribution < -0.4 is 10.6 Å². The van der Waals surface area contributed by atoms with E-state index in [-0.39, 0.29) is 18.0 Å². The molecule has 1 aliphatic rings. The van der Waals surface area contributed by atoms with Crippen LogP contribution >= 0.6 is 0 Å². The molecule has 5 nitrogen and oxygen atoms in total. The van der Waals surface area contributed by atoms with E-state index in [4.69, 9.17) is 0 Å². The van der Waals surface area contributed by atoms with E-state index in [0.29, 0.717) is 5.92 Å². The molecule has 2 N–H and O–H groups in total. The number of carbonyl (C=O) groups excluding carboxylic acids is 1. The van der Waals surface area contributed by atoms with E-state index in [9.17, 15) is 4.79 Å². The molecule has 0 spiro atoms. The lowest BCUT2D eigenvalue weighted by atomic mass is 10.0. The maximum Gasteiger partial charge on any atom is 0.242 e. The first-order valence-corrected chi connectivity index (χ1v) is 6.17. The number of hydrogen-bond donors (Lipinski definition) is 2. The Hall–Kier alpha value is -1.36. The van der Waals surface area contributed by atoms with Gasteiger partial charge in [-0.15, -0.1) is 0 Å². The predicted molar refractivity (Wildman–Crippen MR) is 66.8 cm³/mol. The third-order valence-electron chi connectivity index (χ3n) is 3.23. The Kier molecular flexibility index (Phi) is 3.47. The number of nitrogens with zero attached hydrogens (tertiary/aromatic N) is 2. The van der Waals surface area contributed by atoms with Crippen molar-refractivity contribution in [1.82, 2.24) is 15.1 Å². The highest BCUT2D eigenvalue weighted by molar-refractivity contribution is 5.94. The molecule has 1 aromatic heterocycles. The van der Waals surface area contributed by atoms with Crippen molar-refractivity contribution in [1.29, 1.82) is 0 Å². The lowest BCUT2D eigenvalue weighted by Gasteiger charge is -2.17. The monoisotopic (exact) mass is 236 g/mol. The Balaban J connectivity index is 2.05. The van der Waals surface area contributed by atoms with Crippen LogP contribution in [-0.4, -0.2) is 28.3 Å². The van der Waals surface area contributed by atoms with Gasteiger partial charge >= 0.3 is 0 Å². The summed E-state index contributed by atoms with van der Waals surface area (Å²) in [5, 5.41) is 10.4. The highest BCUT2D eigenvalue weighted by Crippen LogP contribution is 2.18. The lowest BCUT2D eigenvalue weighted by Crippen LogP contribution is -2.39. The molecule has 94 valence electrons. The van der Waals surface area contributed by atoms with E-state index < -0.39 is 0 Å². The van der Waals surface area contributed by atoms with Crippen LogP contribution in [0.1, 0.15) is 33.2 Å². The molecule has 0 aliphatic carbocycles. The normalized spacial score (nSPS) is 24.2. The van der Waals surface area contributed by atoms with Crippen LogP contribution in [0.15, 0.2) is 12.3 Å². The van der Waals surface area contributed by atoms with Gasteiger partial charge in [0.05, 0.1) is 12.2 Å². The Morgan fingerprint density at radius 2 is 2.41 bits per heavy atom. The summed E-state index contributed by atoms with van der Waals surface area (Å²) < 4.78 is 1.82. The van der Waals surface area contributed by atoms with Crippen LogP contribution in [0.4, 0.5) is 5.82 Å². The summed E-state index contributed by atoms with van der Waals surface area (Å²) in [6.07, 6.45) is 2.77. The average Bonchev–Trinajstić information content (AvgIpc) is 2.86. The Morgan fingerprint density at radius 1 is 1.65 bits per heavy atom. The molecule has 0 radical (unpaired) electrons. The molecular formula is C12H20N4O. The molecular weight excluding hydrogens is 216 g/mol. The fourth-order valence-corrected chi connectivity index (χ4v) is 2.21. The fourth-order valence-electron chi connectivity index (χ4n) is 2.21. The number of aromatic nitrogens is 2. The zero-order valence-electron chi connectivity index (χ0n) is 10.6. The van der Waals surface area contributed by atoms with Crippen molar-refractivity contribution < 1.29 is 4.79 Å². The van der Waals surface area contributed by atoms with Gasteiger partial charge in [0.15, 0.2) is 0 Å². The molecule has 2 heterocycles. The number of nitrogens with one attached hydrogen (secondary N) is 2. The standard InChI is InChI=1S/C12H20N4O/c1-8(2)16-10(5-7-14-16)15-12(17)11-9(3)4-6-13-11/h5,7-9,11,13H,4,6H2,1-3H3,(H,15,17). The maximum absolute atomic E-state index is 12.1. The van der Waals surface area contributed by atoms with Gasteiger partial charge in [0.2, 0.25) is 5.91 Å². The molecule has 2 unspecified atom stereocenters. The molecule has 17 heavy (non-hydrogen) atoms. The van der Waals surface area contributed by atoms with Gasteiger partial charge in [0.25, 0.3) is 0 Å². The number of rotatable bonds is 3. The predicted octanol–water partition coefficient (Wildman–Crippen LogP) is 1.40. The smallest absolute Gasteiger partial charge is 0.242 e. The van der Waals surface area contributed by atoms with E-state index in [1.165, 1.54) is 0 Å². The molecule has 0 aromatic carbocycles. The number of hydrogen-bond acceptors (Lipinski definition) is 3. The largest absolute Gasteiger partial charge is 0.310 e. The quantitative estimate of drug-likeness (QED) is 0.834. The SMILES string of the molecule is CC1CCNC1C(=O)Nc1ccnn1C(C)C. The van der Waals surface area contributed by atoms with E-state index in [1.54, 1.807) is 6.20 Å². The highest BCUT2D eigenvalue weighted by Gasteiger charge is 2.29. The summed E-state index contributed by atoms with van der Waals surface area (Å²) >= 11 is 0.